The predicted octanol–water partition coefficient (Wildman–Crippen LogP) is 2.88. The lowest BCUT2D eigenvalue weighted by atomic mass is 10.1. The molecular formula is C13H22N4. The van der Waals surface area contributed by atoms with Crippen LogP contribution in [0, 0.1) is 5.41 Å². The molecule has 4 heteroatoms. The van der Waals surface area contributed by atoms with Crippen LogP contribution < -0.4 is 0 Å². The Morgan fingerprint density at radius 3 is 2.59 bits per heavy atom. The first-order valence-corrected chi connectivity index (χ1v) is 6.10. The SMILES string of the molecule is CCC(CC)N(C)C(=N)/N=C(/C)c1ccc[nH]1. The van der Waals surface area contributed by atoms with E-state index in [1.807, 2.05) is 37.2 Å². The van der Waals surface area contributed by atoms with E-state index in [-0.39, 0.29) is 0 Å². The van der Waals surface area contributed by atoms with Crippen molar-refractivity contribution >= 4 is 11.7 Å². The lowest BCUT2D eigenvalue weighted by Crippen LogP contribution is -2.35. The van der Waals surface area contributed by atoms with Gasteiger partial charge in [0, 0.05) is 19.3 Å². The van der Waals surface area contributed by atoms with Crippen LogP contribution >= 0.6 is 0 Å². The summed E-state index contributed by atoms with van der Waals surface area (Å²) in [6.45, 7) is 6.19. The van der Waals surface area contributed by atoms with E-state index in [9.17, 15) is 0 Å². The zero-order valence-electron chi connectivity index (χ0n) is 11.1. The van der Waals surface area contributed by atoms with Gasteiger partial charge in [0.2, 0.25) is 5.96 Å². The number of guanidine groups is 1. The number of hydrogen-bond acceptors (Lipinski definition) is 1. The lowest BCUT2D eigenvalue weighted by molar-refractivity contribution is 0.341. The summed E-state index contributed by atoms with van der Waals surface area (Å²) in [5.41, 5.74) is 1.81. The van der Waals surface area contributed by atoms with Gasteiger partial charge in [-0.25, -0.2) is 4.99 Å². The van der Waals surface area contributed by atoms with Crippen LogP contribution in [-0.2, 0) is 0 Å². The second-order valence-corrected chi connectivity index (χ2v) is 4.19. The smallest absolute Gasteiger partial charge is 0.218 e. The molecule has 4 nitrogen and oxygen atoms in total. The first kappa shape index (κ1) is 13.5. The second kappa shape index (κ2) is 6.23. The molecule has 0 atom stereocenters. The van der Waals surface area contributed by atoms with Gasteiger partial charge in [0.25, 0.3) is 0 Å². The van der Waals surface area contributed by atoms with Crippen LogP contribution in [0.15, 0.2) is 23.3 Å². The summed E-state index contributed by atoms with van der Waals surface area (Å²) in [5, 5.41) is 7.99. The molecule has 0 saturated heterocycles. The number of aromatic amines is 1. The highest BCUT2D eigenvalue weighted by molar-refractivity contribution is 6.03. The third-order valence-corrected chi connectivity index (χ3v) is 3.09. The Bertz CT molecular complexity index is 374. The van der Waals surface area contributed by atoms with E-state index < -0.39 is 0 Å². The Labute approximate surface area is 103 Å². The zero-order chi connectivity index (χ0) is 12.8. The van der Waals surface area contributed by atoms with Gasteiger partial charge >= 0.3 is 0 Å². The summed E-state index contributed by atoms with van der Waals surface area (Å²) in [5.74, 6) is 0.325. The molecule has 2 N–H and O–H groups in total. The summed E-state index contributed by atoms with van der Waals surface area (Å²) in [6, 6.07) is 4.29. The highest BCUT2D eigenvalue weighted by Gasteiger charge is 2.13. The molecule has 1 heterocycles. The molecule has 94 valence electrons. The number of nitrogens with one attached hydrogen (secondary N) is 2. The molecule has 0 fully saturated rings. The minimum atomic E-state index is 0.325. The molecule has 17 heavy (non-hydrogen) atoms. The predicted molar refractivity (Wildman–Crippen MR) is 72.9 cm³/mol. The molecule has 0 saturated carbocycles. The maximum Gasteiger partial charge on any atom is 0.218 e. The number of aliphatic imine (C=N–C) groups is 1. The van der Waals surface area contributed by atoms with Crippen molar-refractivity contribution in [3.8, 4) is 0 Å². The number of aromatic nitrogens is 1. The van der Waals surface area contributed by atoms with E-state index in [0.717, 1.165) is 24.2 Å². The van der Waals surface area contributed by atoms with E-state index in [0.29, 0.717) is 12.0 Å². The van der Waals surface area contributed by atoms with Crippen molar-refractivity contribution in [2.24, 2.45) is 4.99 Å². The summed E-state index contributed by atoms with van der Waals surface area (Å²) in [7, 11) is 1.94. The van der Waals surface area contributed by atoms with E-state index in [1.165, 1.54) is 0 Å². The molecule has 0 aliphatic rings. The van der Waals surface area contributed by atoms with E-state index in [1.54, 1.807) is 0 Å². The average molecular weight is 234 g/mol. The third-order valence-electron chi connectivity index (χ3n) is 3.09. The fourth-order valence-electron chi connectivity index (χ4n) is 1.86. The maximum atomic E-state index is 7.99. The summed E-state index contributed by atoms with van der Waals surface area (Å²) >= 11 is 0. The Hall–Kier alpha value is -1.58. The molecule has 0 radical (unpaired) electrons. The molecule has 1 aromatic heterocycles. The fourth-order valence-corrected chi connectivity index (χ4v) is 1.86. The molecule has 1 aromatic rings. The number of nitrogens with zero attached hydrogens (tertiary/aromatic N) is 2. The van der Waals surface area contributed by atoms with Crippen LogP contribution in [-0.4, -0.2) is 34.6 Å². The number of rotatable bonds is 4. The van der Waals surface area contributed by atoms with Crippen LogP contribution in [0.3, 0.4) is 0 Å². The Kier molecular flexibility index (Phi) is 4.94. The lowest BCUT2D eigenvalue weighted by Gasteiger charge is -2.26. The van der Waals surface area contributed by atoms with Crippen LogP contribution in [0.4, 0.5) is 0 Å². The molecule has 0 amide bonds. The zero-order valence-corrected chi connectivity index (χ0v) is 11.1. The molecule has 1 rings (SSSR count). The van der Waals surface area contributed by atoms with Gasteiger partial charge in [-0.05, 0) is 31.9 Å². The van der Waals surface area contributed by atoms with Gasteiger partial charge in [-0.3, -0.25) is 5.41 Å². The normalized spacial score (nSPS) is 11.9. The Morgan fingerprint density at radius 1 is 1.47 bits per heavy atom. The molecular weight excluding hydrogens is 212 g/mol. The van der Waals surface area contributed by atoms with Gasteiger partial charge in [0.05, 0.1) is 11.4 Å². The van der Waals surface area contributed by atoms with Gasteiger partial charge in [0.15, 0.2) is 0 Å². The molecule has 0 aromatic carbocycles. The number of hydrogen-bond donors (Lipinski definition) is 2. The molecule has 0 unspecified atom stereocenters. The summed E-state index contributed by atoms with van der Waals surface area (Å²) in [4.78, 5) is 9.36. The van der Waals surface area contributed by atoms with Crippen LogP contribution in [0.1, 0.15) is 39.3 Å². The highest BCUT2D eigenvalue weighted by Crippen LogP contribution is 2.07. The second-order valence-electron chi connectivity index (χ2n) is 4.19. The first-order valence-electron chi connectivity index (χ1n) is 6.10. The molecule has 0 aliphatic carbocycles. The quantitative estimate of drug-likeness (QED) is 0.611. The number of H-pyrrole nitrogens is 1. The van der Waals surface area contributed by atoms with Crippen molar-refractivity contribution in [2.75, 3.05) is 7.05 Å². The van der Waals surface area contributed by atoms with E-state index in [4.69, 9.17) is 5.41 Å². The standard InChI is InChI=1S/C13H22N4/c1-5-11(6-2)17(4)13(14)16-10(3)12-8-7-9-15-12/h7-9,11,14-15H,5-6H2,1-4H3/b14-13?,16-10-. The van der Waals surface area contributed by atoms with Gasteiger partial charge in [-0.15, -0.1) is 0 Å². The highest BCUT2D eigenvalue weighted by atomic mass is 15.2. The van der Waals surface area contributed by atoms with Crippen LogP contribution in [0.5, 0.6) is 0 Å². The van der Waals surface area contributed by atoms with Crippen LogP contribution in [0.2, 0.25) is 0 Å². The summed E-state index contributed by atoms with van der Waals surface area (Å²) in [6.07, 6.45) is 3.93. The minimum absolute atomic E-state index is 0.325. The van der Waals surface area contributed by atoms with Gasteiger partial charge < -0.3 is 9.88 Å². The minimum Gasteiger partial charge on any atom is -0.360 e. The molecule has 0 bridgehead atoms. The van der Waals surface area contributed by atoms with Crippen molar-refractivity contribution in [3.63, 3.8) is 0 Å². The van der Waals surface area contributed by atoms with Crippen molar-refractivity contribution in [1.82, 2.24) is 9.88 Å². The maximum absolute atomic E-state index is 7.99. The monoisotopic (exact) mass is 234 g/mol. The van der Waals surface area contributed by atoms with Crippen molar-refractivity contribution in [1.29, 1.82) is 5.41 Å². The van der Waals surface area contributed by atoms with Gasteiger partial charge in [-0.1, -0.05) is 13.8 Å². The van der Waals surface area contributed by atoms with E-state index >= 15 is 0 Å². The van der Waals surface area contributed by atoms with Crippen molar-refractivity contribution < 1.29 is 0 Å². The first-order chi connectivity index (χ1) is 8.10. The Morgan fingerprint density at radius 2 is 2.12 bits per heavy atom. The van der Waals surface area contributed by atoms with Gasteiger partial charge in [0.1, 0.15) is 0 Å². The molecule has 0 aliphatic heterocycles. The topological polar surface area (TPSA) is 55.2 Å². The summed E-state index contributed by atoms with van der Waals surface area (Å²) < 4.78 is 0. The van der Waals surface area contributed by atoms with Crippen LogP contribution in [0.25, 0.3) is 0 Å². The largest absolute Gasteiger partial charge is 0.360 e. The third kappa shape index (κ3) is 3.44. The van der Waals surface area contributed by atoms with Crippen molar-refractivity contribution in [3.05, 3.63) is 24.0 Å². The Balaban J connectivity index is 2.74. The molecule has 0 spiro atoms. The van der Waals surface area contributed by atoms with Gasteiger partial charge in [-0.2, -0.15) is 0 Å². The van der Waals surface area contributed by atoms with E-state index in [2.05, 4.69) is 23.8 Å². The average Bonchev–Trinajstić information content (AvgIpc) is 2.83. The fraction of sp³-hybridized carbons (Fsp3) is 0.538. The van der Waals surface area contributed by atoms with Crippen molar-refractivity contribution in [2.45, 2.75) is 39.7 Å².